The minimum Gasteiger partial charge on any atom is -0.345 e. The zero-order valence-corrected chi connectivity index (χ0v) is 11.7. The first-order chi connectivity index (χ1) is 8.52. The molecule has 1 saturated heterocycles. The van der Waals surface area contributed by atoms with Gasteiger partial charge >= 0.3 is 0 Å². The molecule has 0 aliphatic carbocycles. The Balaban J connectivity index is 2.33. The van der Waals surface area contributed by atoms with Gasteiger partial charge in [-0.2, -0.15) is 0 Å². The molecule has 0 atom stereocenters. The number of aromatic nitrogens is 2. The van der Waals surface area contributed by atoms with E-state index in [1.54, 1.807) is 4.90 Å². The van der Waals surface area contributed by atoms with E-state index in [0.29, 0.717) is 24.1 Å². The number of carbonyl (C=O) groups is 1. The first-order valence-corrected chi connectivity index (χ1v) is 6.42. The predicted octanol–water partition coefficient (Wildman–Crippen LogP) is 1.28. The third-order valence-electron chi connectivity index (χ3n) is 3.18. The lowest BCUT2D eigenvalue weighted by atomic mass is 10.2. The summed E-state index contributed by atoms with van der Waals surface area (Å²) in [5, 5.41) is 0.475. The second-order valence-electron chi connectivity index (χ2n) is 4.47. The molecule has 0 unspecified atom stereocenters. The molecular weight excluding hydrogens is 252 g/mol. The van der Waals surface area contributed by atoms with Crippen LogP contribution in [0.2, 0.25) is 5.15 Å². The van der Waals surface area contributed by atoms with E-state index >= 15 is 0 Å². The SMILES string of the molecule is CCc1nc(Cl)c(C)c(N2CCN(C)C(=O)C2)n1. The van der Waals surface area contributed by atoms with Gasteiger partial charge in [-0.15, -0.1) is 0 Å². The summed E-state index contributed by atoms with van der Waals surface area (Å²) in [7, 11) is 1.82. The van der Waals surface area contributed by atoms with Crippen LogP contribution in [0.1, 0.15) is 18.3 Å². The van der Waals surface area contributed by atoms with E-state index in [-0.39, 0.29) is 5.91 Å². The molecule has 1 fully saturated rings. The maximum atomic E-state index is 11.7. The Bertz CT molecular complexity index is 477. The number of likely N-dealkylation sites (N-methyl/N-ethyl adjacent to an activating group) is 1. The summed E-state index contributed by atoms with van der Waals surface area (Å²) in [6, 6.07) is 0. The number of aryl methyl sites for hydroxylation is 1. The Kier molecular flexibility index (Phi) is 3.71. The number of hydrogen-bond donors (Lipinski definition) is 0. The minimum atomic E-state index is 0.105. The van der Waals surface area contributed by atoms with Gasteiger partial charge in [0.25, 0.3) is 0 Å². The van der Waals surface area contributed by atoms with Crippen molar-refractivity contribution in [2.24, 2.45) is 0 Å². The zero-order valence-electron chi connectivity index (χ0n) is 10.9. The van der Waals surface area contributed by atoms with Crippen LogP contribution >= 0.6 is 11.6 Å². The molecule has 0 aromatic carbocycles. The quantitative estimate of drug-likeness (QED) is 0.758. The van der Waals surface area contributed by atoms with Gasteiger partial charge in [-0.1, -0.05) is 18.5 Å². The van der Waals surface area contributed by atoms with Crippen LogP contribution in [0.15, 0.2) is 0 Å². The Morgan fingerprint density at radius 2 is 2.06 bits per heavy atom. The summed E-state index contributed by atoms with van der Waals surface area (Å²) < 4.78 is 0. The van der Waals surface area contributed by atoms with E-state index in [9.17, 15) is 4.79 Å². The maximum absolute atomic E-state index is 11.7. The predicted molar refractivity (Wildman–Crippen MR) is 71.0 cm³/mol. The van der Waals surface area contributed by atoms with Crippen molar-refractivity contribution >= 4 is 23.3 Å². The van der Waals surface area contributed by atoms with Gasteiger partial charge in [-0.25, -0.2) is 9.97 Å². The average molecular weight is 269 g/mol. The molecule has 1 aliphatic heterocycles. The van der Waals surface area contributed by atoms with Crippen molar-refractivity contribution in [3.05, 3.63) is 16.5 Å². The summed E-state index contributed by atoms with van der Waals surface area (Å²) in [5.41, 5.74) is 0.839. The highest BCUT2D eigenvalue weighted by atomic mass is 35.5. The third kappa shape index (κ3) is 2.41. The van der Waals surface area contributed by atoms with Crippen LogP contribution in [0.5, 0.6) is 0 Å². The number of piperazine rings is 1. The van der Waals surface area contributed by atoms with Crippen LogP contribution < -0.4 is 4.90 Å². The second kappa shape index (κ2) is 5.10. The molecule has 98 valence electrons. The van der Waals surface area contributed by atoms with Crippen molar-refractivity contribution in [2.75, 3.05) is 31.6 Å². The summed E-state index contributed by atoms with van der Waals surface area (Å²) in [6.45, 7) is 5.72. The molecule has 1 aromatic heterocycles. The van der Waals surface area contributed by atoms with E-state index in [4.69, 9.17) is 11.6 Å². The molecule has 1 aliphatic rings. The van der Waals surface area contributed by atoms with Crippen molar-refractivity contribution in [1.29, 1.82) is 0 Å². The number of hydrogen-bond acceptors (Lipinski definition) is 4. The van der Waals surface area contributed by atoms with Crippen molar-refractivity contribution in [3.63, 3.8) is 0 Å². The topological polar surface area (TPSA) is 49.3 Å². The molecule has 18 heavy (non-hydrogen) atoms. The summed E-state index contributed by atoms with van der Waals surface area (Å²) >= 11 is 6.11. The van der Waals surface area contributed by atoms with Gasteiger partial charge in [-0.3, -0.25) is 4.79 Å². The van der Waals surface area contributed by atoms with Gasteiger partial charge in [0, 0.05) is 32.1 Å². The van der Waals surface area contributed by atoms with E-state index in [1.807, 2.05) is 25.8 Å². The van der Waals surface area contributed by atoms with Gasteiger partial charge in [0.1, 0.15) is 16.8 Å². The lowest BCUT2D eigenvalue weighted by Gasteiger charge is -2.33. The van der Waals surface area contributed by atoms with Crippen molar-refractivity contribution in [3.8, 4) is 0 Å². The fourth-order valence-electron chi connectivity index (χ4n) is 1.93. The van der Waals surface area contributed by atoms with Gasteiger partial charge in [-0.05, 0) is 6.92 Å². The maximum Gasteiger partial charge on any atom is 0.241 e. The Labute approximate surface area is 112 Å². The Morgan fingerprint density at radius 1 is 1.33 bits per heavy atom. The van der Waals surface area contributed by atoms with Crippen molar-refractivity contribution in [1.82, 2.24) is 14.9 Å². The smallest absolute Gasteiger partial charge is 0.241 e. The van der Waals surface area contributed by atoms with Crippen LogP contribution in [-0.4, -0.2) is 47.5 Å². The first-order valence-electron chi connectivity index (χ1n) is 6.04. The van der Waals surface area contributed by atoms with Crippen LogP contribution in [0, 0.1) is 6.92 Å². The summed E-state index contributed by atoms with van der Waals surface area (Å²) in [4.78, 5) is 24.2. The molecule has 0 radical (unpaired) electrons. The number of anilines is 1. The van der Waals surface area contributed by atoms with Gasteiger partial charge in [0.2, 0.25) is 5.91 Å². The Morgan fingerprint density at radius 3 is 2.67 bits per heavy atom. The number of carbonyl (C=O) groups excluding carboxylic acids is 1. The van der Waals surface area contributed by atoms with E-state index < -0.39 is 0 Å². The van der Waals surface area contributed by atoms with E-state index in [0.717, 1.165) is 24.3 Å². The molecule has 2 rings (SSSR count). The van der Waals surface area contributed by atoms with Crippen LogP contribution in [0.4, 0.5) is 5.82 Å². The van der Waals surface area contributed by atoms with Gasteiger partial charge < -0.3 is 9.80 Å². The normalized spacial score (nSPS) is 16.3. The fraction of sp³-hybridized carbons (Fsp3) is 0.583. The van der Waals surface area contributed by atoms with Gasteiger partial charge in [0.05, 0.1) is 6.54 Å². The van der Waals surface area contributed by atoms with Crippen LogP contribution in [0.3, 0.4) is 0 Å². The van der Waals surface area contributed by atoms with E-state index in [2.05, 4.69) is 9.97 Å². The first kappa shape index (κ1) is 13.1. The molecule has 6 heteroatoms. The molecular formula is C12H17ClN4O. The molecule has 1 aromatic rings. The molecule has 1 amide bonds. The Hall–Kier alpha value is -1.36. The molecule has 2 heterocycles. The van der Waals surface area contributed by atoms with Gasteiger partial charge in [0.15, 0.2) is 0 Å². The van der Waals surface area contributed by atoms with Crippen molar-refractivity contribution < 1.29 is 4.79 Å². The highest BCUT2D eigenvalue weighted by Crippen LogP contribution is 2.24. The highest BCUT2D eigenvalue weighted by molar-refractivity contribution is 6.30. The number of halogens is 1. The lowest BCUT2D eigenvalue weighted by molar-refractivity contribution is -0.129. The lowest BCUT2D eigenvalue weighted by Crippen LogP contribution is -2.49. The summed E-state index contributed by atoms with van der Waals surface area (Å²) in [6.07, 6.45) is 0.731. The van der Waals surface area contributed by atoms with Crippen LogP contribution in [-0.2, 0) is 11.2 Å². The molecule has 0 saturated carbocycles. The largest absolute Gasteiger partial charge is 0.345 e. The monoisotopic (exact) mass is 268 g/mol. The molecule has 5 nitrogen and oxygen atoms in total. The molecule has 0 spiro atoms. The fourth-order valence-corrected chi connectivity index (χ4v) is 2.11. The second-order valence-corrected chi connectivity index (χ2v) is 4.83. The van der Waals surface area contributed by atoms with E-state index in [1.165, 1.54) is 0 Å². The molecule has 0 bridgehead atoms. The standard InChI is InChI=1S/C12H17ClN4O/c1-4-9-14-11(13)8(2)12(15-9)17-6-5-16(3)10(18)7-17/h4-7H2,1-3H3. The summed E-state index contributed by atoms with van der Waals surface area (Å²) in [5.74, 6) is 1.61. The third-order valence-corrected chi connectivity index (χ3v) is 3.55. The number of amides is 1. The minimum absolute atomic E-state index is 0.105. The van der Waals surface area contributed by atoms with Crippen molar-refractivity contribution in [2.45, 2.75) is 20.3 Å². The number of nitrogens with zero attached hydrogens (tertiary/aromatic N) is 4. The highest BCUT2D eigenvalue weighted by Gasteiger charge is 2.24. The number of rotatable bonds is 2. The molecule has 0 N–H and O–H groups in total. The average Bonchev–Trinajstić information content (AvgIpc) is 2.36. The van der Waals surface area contributed by atoms with Crippen LogP contribution in [0.25, 0.3) is 0 Å². The zero-order chi connectivity index (χ0) is 13.3.